The number of aromatic nitrogens is 1. The summed E-state index contributed by atoms with van der Waals surface area (Å²) in [5.41, 5.74) is 0.898. The number of furan rings is 1. The van der Waals surface area contributed by atoms with Crippen LogP contribution in [0.15, 0.2) is 35.0 Å². The lowest BCUT2D eigenvalue weighted by Crippen LogP contribution is -2.05. The summed E-state index contributed by atoms with van der Waals surface area (Å²) in [5.74, 6) is 0.454. The number of nitrogens with zero attached hydrogens (tertiary/aromatic N) is 1. The van der Waals surface area contributed by atoms with E-state index in [1.54, 1.807) is 24.5 Å². The fraction of sp³-hybridized carbons (Fsp3) is 0.0909. The molecule has 5 heteroatoms. The topological polar surface area (TPSA) is 55.1 Å². The summed E-state index contributed by atoms with van der Waals surface area (Å²) in [7, 11) is 0. The summed E-state index contributed by atoms with van der Waals surface area (Å²) in [4.78, 5) is 11.5. The van der Waals surface area contributed by atoms with E-state index >= 15 is 0 Å². The van der Waals surface area contributed by atoms with E-state index in [0.717, 1.165) is 10.7 Å². The first-order valence-corrected chi connectivity index (χ1v) is 5.47. The molecule has 0 saturated heterocycles. The second-order valence-corrected chi connectivity index (χ2v) is 3.98. The normalized spacial score (nSPS) is 10.8. The lowest BCUT2D eigenvalue weighted by Gasteiger charge is -1.94. The molecule has 0 atom stereocenters. The molecule has 0 bridgehead atoms. The van der Waals surface area contributed by atoms with Gasteiger partial charge in [-0.25, -0.2) is 0 Å². The zero-order valence-corrected chi connectivity index (χ0v) is 9.45. The first kappa shape index (κ1) is 10.6. The van der Waals surface area contributed by atoms with Gasteiger partial charge in [0.15, 0.2) is 0 Å². The van der Waals surface area contributed by atoms with E-state index in [-0.39, 0.29) is 5.91 Å². The molecular weight excluding hydrogens is 224 g/mol. The Morgan fingerprint density at radius 1 is 1.62 bits per heavy atom. The number of nitrogens with one attached hydrogen (secondary N) is 1. The SMILES string of the molecule is Cc1cc(NC(=O)/C=C/c2ccco2)sn1. The molecule has 2 heterocycles. The summed E-state index contributed by atoms with van der Waals surface area (Å²) in [5, 5.41) is 3.46. The minimum absolute atomic E-state index is 0.194. The molecule has 0 aliphatic carbocycles. The van der Waals surface area contributed by atoms with Crippen molar-refractivity contribution < 1.29 is 9.21 Å². The van der Waals surface area contributed by atoms with Gasteiger partial charge in [-0.05, 0) is 42.7 Å². The van der Waals surface area contributed by atoms with Crippen molar-refractivity contribution in [2.75, 3.05) is 5.32 Å². The average Bonchev–Trinajstić information content (AvgIpc) is 2.87. The maximum absolute atomic E-state index is 11.5. The third-order valence-corrected chi connectivity index (χ3v) is 2.61. The molecule has 1 N–H and O–H groups in total. The Morgan fingerprint density at radius 3 is 3.12 bits per heavy atom. The van der Waals surface area contributed by atoms with E-state index in [1.165, 1.54) is 17.6 Å². The highest BCUT2D eigenvalue weighted by Gasteiger charge is 2.01. The first-order chi connectivity index (χ1) is 7.74. The van der Waals surface area contributed by atoms with Crippen LogP contribution in [0, 0.1) is 6.92 Å². The van der Waals surface area contributed by atoms with Gasteiger partial charge in [0, 0.05) is 6.08 Å². The summed E-state index contributed by atoms with van der Waals surface area (Å²) in [6, 6.07) is 5.37. The van der Waals surface area contributed by atoms with Crippen LogP contribution in [0.5, 0.6) is 0 Å². The molecule has 4 nitrogen and oxygen atoms in total. The second kappa shape index (κ2) is 4.76. The third-order valence-electron chi connectivity index (χ3n) is 1.82. The molecule has 82 valence electrons. The molecule has 0 aromatic carbocycles. The highest BCUT2D eigenvalue weighted by atomic mass is 32.1. The van der Waals surface area contributed by atoms with Crippen molar-refractivity contribution in [1.29, 1.82) is 0 Å². The summed E-state index contributed by atoms with van der Waals surface area (Å²) >= 11 is 1.26. The summed E-state index contributed by atoms with van der Waals surface area (Å²) in [6.45, 7) is 1.88. The predicted molar refractivity (Wildman–Crippen MR) is 63.2 cm³/mol. The van der Waals surface area contributed by atoms with Gasteiger partial charge >= 0.3 is 0 Å². The van der Waals surface area contributed by atoms with E-state index in [2.05, 4.69) is 9.69 Å². The molecule has 1 amide bonds. The van der Waals surface area contributed by atoms with E-state index in [1.807, 2.05) is 13.0 Å². The van der Waals surface area contributed by atoms with Crippen molar-refractivity contribution in [3.05, 3.63) is 42.0 Å². The Balaban J connectivity index is 1.94. The van der Waals surface area contributed by atoms with Crippen LogP contribution in [0.25, 0.3) is 6.08 Å². The Kier molecular flexibility index (Phi) is 3.16. The molecule has 0 spiro atoms. The van der Waals surface area contributed by atoms with Crippen molar-refractivity contribution >= 4 is 28.5 Å². The van der Waals surface area contributed by atoms with Crippen LogP contribution < -0.4 is 5.32 Å². The number of hydrogen-bond donors (Lipinski definition) is 1. The van der Waals surface area contributed by atoms with Crippen LogP contribution in [0.3, 0.4) is 0 Å². The second-order valence-electron chi connectivity index (χ2n) is 3.17. The molecule has 0 fully saturated rings. The molecule has 0 radical (unpaired) electrons. The Morgan fingerprint density at radius 2 is 2.50 bits per heavy atom. The zero-order chi connectivity index (χ0) is 11.4. The summed E-state index contributed by atoms with van der Waals surface area (Å²) in [6.07, 6.45) is 4.60. The molecular formula is C11H10N2O2S. The minimum Gasteiger partial charge on any atom is -0.465 e. The molecule has 16 heavy (non-hydrogen) atoms. The highest BCUT2D eigenvalue weighted by molar-refractivity contribution is 7.10. The molecule has 0 aliphatic rings. The Bertz CT molecular complexity index is 500. The molecule has 0 aliphatic heterocycles. The van der Waals surface area contributed by atoms with Crippen molar-refractivity contribution in [2.24, 2.45) is 0 Å². The van der Waals surface area contributed by atoms with Gasteiger partial charge in [0.25, 0.3) is 0 Å². The third kappa shape index (κ3) is 2.80. The number of rotatable bonds is 3. The van der Waals surface area contributed by atoms with Gasteiger partial charge in [0.2, 0.25) is 5.91 Å². The van der Waals surface area contributed by atoms with Gasteiger partial charge < -0.3 is 9.73 Å². The van der Waals surface area contributed by atoms with Gasteiger partial charge in [-0.2, -0.15) is 4.37 Å². The van der Waals surface area contributed by atoms with Crippen LogP contribution >= 0.6 is 11.5 Å². The average molecular weight is 234 g/mol. The van der Waals surface area contributed by atoms with Crippen LogP contribution in [0.4, 0.5) is 5.00 Å². The van der Waals surface area contributed by atoms with Gasteiger partial charge in [-0.3, -0.25) is 4.79 Å². The van der Waals surface area contributed by atoms with Gasteiger partial charge in [0.05, 0.1) is 12.0 Å². The van der Waals surface area contributed by atoms with E-state index in [4.69, 9.17) is 4.42 Å². The Hall–Kier alpha value is -1.88. The van der Waals surface area contributed by atoms with E-state index in [9.17, 15) is 4.79 Å². The van der Waals surface area contributed by atoms with E-state index < -0.39 is 0 Å². The van der Waals surface area contributed by atoms with Crippen molar-refractivity contribution in [3.8, 4) is 0 Å². The maximum Gasteiger partial charge on any atom is 0.249 e. The van der Waals surface area contributed by atoms with Gasteiger partial charge in [-0.15, -0.1) is 0 Å². The van der Waals surface area contributed by atoms with Crippen molar-refractivity contribution in [1.82, 2.24) is 4.37 Å². The molecule has 2 rings (SSSR count). The molecule has 2 aromatic heterocycles. The zero-order valence-electron chi connectivity index (χ0n) is 8.64. The minimum atomic E-state index is -0.194. The van der Waals surface area contributed by atoms with E-state index in [0.29, 0.717) is 5.76 Å². The lowest BCUT2D eigenvalue weighted by molar-refractivity contribution is -0.111. The number of anilines is 1. The number of carbonyl (C=O) groups is 1. The molecule has 0 unspecified atom stereocenters. The quantitative estimate of drug-likeness (QED) is 0.831. The monoisotopic (exact) mass is 234 g/mol. The smallest absolute Gasteiger partial charge is 0.249 e. The number of carbonyl (C=O) groups excluding carboxylic acids is 1. The van der Waals surface area contributed by atoms with Crippen LogP contribution in [0.1, 0.15) is 11.5 Å². The van der Waals surface area contributed by atoms with Crippen molar-refractivity contribution in [3.63, 3.8) is 0 Å². The largest absolute Gasteiger partial charge is 0.465 e. The standard InChI is InChI=1S/C11H10N2O2S/c1-8-7-11(16-13-8)12-10(14)5-4-9-3-2-6-15-9/h2-7H,1H3,(H,12,14)/b5-4+. The molecule has 2 aromatic rings. The maximum atomic E-state index is 11.5. The molecule has 0 saturated carbocycles. The fourth-order valence-electron chi connectivity index (χ4n) is 1.13. The predicted octanol–water partition coefficient (Wildman–Crippen LogP) is 2.70. The van der Waals surface area contributed by atoms with Crippen molar-refractivity contribution in [2.45, 2.75) is 6.92 Å². The number of amides is 1. The number of hydrogen-bond acceptors (Lipinski definition) is 4. The van der Waals surface area contributed by atoms with Crippen LogP contribution in [-0.4, -0.2) is 10.3 Å². The Labute approximate surface area is 96.8 Å². The van der Waals surface area contributed by atoms with Crippen LogP contribution in [0.2, 0.25) is 0 Å². The summed E-state index contributed by atoms with van der Waals surface area (Å²) < 4.78 is 9.13. The fourth-order valence-corrected chi connectivity index (χ4v) is 1.79. The first-order valence-electron chi connectivity index (χ1n) is 4.70. The van der Waals surface area contributed by atoms with Gasteiger partial charge in [0.1, 0.15) is 10.8 Å². The van der Waals surface area contributed by atoms with Gasteiger partial charge in [-0.1, -0.05) is 0 Å². The lowest BCUT2D eigenvalue weighted by atomic mass is 10.4. The number of aryl methyl sites for hydroxylation is 1. The van der Waals surface area contributed by atoms with Crippen LogP contribution in [-0.2, 0) is 4.79 Å². The highest BCUT2D eigenvalue weighted by Crippen LogP contribution is 2.15.